The van der Waals surface area contributed by atoms with Crippen molar-refractivity contribution in [2.24, 2.45) is 0 Å². The number of para-hydroxylation sites is 1. The lowest BCUT2D eigenvalue weighted by Crippen LogP contribution is -2.62. The maximum atomic E-state index is 11.1. The number of hydrogen-bond acceptors (Lipinski definition) is 2. The lowest BCUT2D eigenvalue weighted by Gasteiger charge is -2.46. The van der Waals surface area contributed by atoms with E-state index in [9.17, 15) is 5.11 Å². The van der Waals surface area contributed by atoms with Crippen molar-refractivity contribution in [2.45, 2.75) is 58.7 Å². The second-order valence-electron chi connectivity index (χ2n) is 8.99. The molecule has 0 atom stereocenters. The fraction of sp³-hybridized carbons (Fsp3) is 0.455. The molecule has 0 heterocycles. The SMILES string of the molecule is CN(C(C)(C)c1ccccc1)[Si](C)(C)c1cccc(C(C)(C)C)c1O. The molecule has 1 N–H and O–H groups in total. The van der Waals surface area contributed by atoms with Crippen LogP contribution in [0.15, 0.2) is 48.5 Å². The molecule has 136 valence electrons. The van der Waals surface area contributed by atoms with Crippen molar-refractivity contribution in [1.29, 1.82) is 0 Å². The predicted octanol–water partition coefficient (Wildman–Crippen LogP) is 4.97. The molecule has 0 unspecified atom stereocenters. The van der Waals surface area contributed by atoms with E-state index in [0.717, 1.165) is 10.8 Å². The minimum atomic E-state index is -2.07. The van der Waals surface area contributed by atoms with Crippen molar-refractivity contribution < 1.29 is 5.11 Å². The minimum absolute atomic E-state index is 0.0713. The summed E-state index contributed by atoms with van der Waals surface area (Å²) in [7, 11) is 0.124. The van der Waals surface area contributed by atoms with Crippen molar-refractivity contribution in [2.75, 3.05) is 7.05 Å². The van der Waals surface area contributed by atoms with E-state index in [4.69, 9.17) is 0 Å². The van der Waals surface area contributed by atoms with Crippen LogP contribution in [-0.4, -0.2) is 25.0 Å². The summed E-state index contributed by atoms with van der Waals surface area (Å²) in [6.45, 7) is 15.6. The Hall–Kier alpha value is -1.58. The predicted molar refractivity (Wildman–Crippen MR) is 111 cm³/mol. The molecule has 2 aromatic rings. The first-order chi connectivity index (χ1) is 11.4. The van der Waals surface area contributed by atoms with Gasteiger partial charge < -0.3 is 9.67 Å². The highest BCUT2D eigenvalue weighted by molar-refractivity contribution is 6.88. The number of benzene rings is 2. The van der Waals surface area contributed by atoms with Gasteiger partial charge in [-0.05, 0) is 42.6 Å². The topological polar surface area (TPSA) is 23.5 Å². The molecule has 0 aromatic heterocycles. The molecule has 0 aliphatic heterocycles. The summed E-state index contributed by atoms with van der Waals surface area (Å²) in [5, 5.41) is 12.2. The van der Waals surface area contributed by atoms with Crippen molar-refractivity contribution in [3.8, 4) is 5.75 Å². The van der Waals surface area contributed by atoms with E-state index in [0.29, 0.717) is 5.75 Å². The zero-order valence-electron chi connectivity index (χ0n) is 17.0. The van der Waals surface area contributed by atoms with Crippen LogP contribution < -0.4 is 5.19 Å². The van der Waals surface area contributed by atoms with Gasteiger partial charge in [-0.1, -0.05) is 82.4 Å². The van der Waals surface area contributed by atoms with Crippen molar-refractivity contribution >= 4 is 13.4 Å². The summed E-state index contributed by atoms with van der Waals surface area (Å²) in [6, 6.07) is 16.9. The number of phenolic OH excluding ortho intramolecular Hbond substituents is 1. The first-order valence-corrected chi connectivity index (χ1v) is 12.0. The Morgan fingerprint density at radius 2 is 1.40 bits per heavy atom. The average molecular weight is 356 g/mol. The smallest absolute Gasteiger partial charge is 0.159 e. The van der Waals surface area contributed by atoms with Crippen molar-refractivity contribution in [3.63, 3.8) is 0 Å². The maximum Gasteiger partial charge on any atom is 0.159 e. The quantitative estimate of drug-likeness (QED) is 0.783. The third-order valence-corrected chi connectivity index (χ3v) is 9.62. The van der Waals surface area contributed by atoms with Gasteiger partial charge >= 0.3 is 0 Å². The Balaban J connectivity index is 2.52. The molecule has 25 heavy (non-hydrogen) atoms. The summed E-state index contributed by atoms with van der Waals surface area (Å²) in [5.74, 6) is 0.474. The summed E-state index contributed by atoms with van der Waals surface area (Å²) < 4.78 is 2.48. The first-order valence-electron chi connectivity index (χ1n) is 9.02. The highest BCUT2D eigenvalue weighted by Crippen LogP contribution is 2.34. The fourth-order valence-corrected chi connectivity index (χ4v) is 6.67. The van der Waals surface area contributed by atoms with Gasteiger partial charge in [-0.2, -0.15) is 0 Å². The van der Waals surface area contributed by atoms with Gasteiger partial charge in [0, 0.05) is 5.54 Å². The molecular formula is C22H33NOSi. The van der Waals surface area contributed by atoms with E-state index in [-0.39, 0.29) is 11.0 Å². The van der Waals surface area contributed by atoms with Crippen LogP contribution in [0.5, 0.6) is 5.75 Å². The van der Waals surface area contributed by atoms with E-state index in [1.807, 2.05) is 6.07 Å². The number of rotatable bonds is 4. The normalized spacial score (nSPS) is 13.3. The molecule has 0 radical (unpaired) electrons. The van der Waals surface area contributed by atoms with E-state index >= 15 is 0 Å². The zero-order chi connectivity index (χ0) is 19.0. The molecule has 3 heteroatoms. The molecule has 0 saturated heterocycles. The largest absolute Gasteiger partial charge is 0.508 e. The monoisotopic (exact) mass is 355 g/mol. The van der Waals surface area contributed by atoms with Gasteiger partial charge in [0.1, 0.15) is 5.75 Å². The molecule has 0 bridgehead atoms. The standard InChI is InChI=1S/C22H33NOSi/c1-21(2,3)18-15-12-16-19(20(18)24)25(7,8)23(6)22(4,5)17-13-10-9-11-14-17/h9-16,24H,1-8H3. The third kappa shape index (κ3) is 3.68. The van der Waals surface area contributed by atoms with E-state index in [1.54, 1.807) is 0 Å². The van der Waals surface area contributed by atoms with Crippen LogP contribution in [0.4, 0.5) is 0 Å². The molecule has 2 rings (SSSR count). The molecule has 0 aliphatic carbocycles. The Morgan fingerprint density at radius 1 is 0.840 bits per heavy atom. The summed E-state index contributed by atoms with van der Waals surface area (Å²) in [4.78, 5) is 0. The molecule has 0 fully saturated rings. The molecule has 0 saturated carbocycles. The maximum absolute atomic E-state index is 11.1. The van der Waals surface area contributed by atoms with Gasteiger partial charge in [0.2, 0.25) is 0 Å². The highest BCUT2D eigenvalue weighted by Gasteiger charge is 2.41. The molecule has 0 spiro atoms. The lowest BCUT2D eigenvalue weighted by molar-refractivity contribution is 0.265. The highest BCUT2D eigenvalue weighted by atomic mass is 28.3. The van der Waals surface area contributed by atoms with E-state index in [2.05, 4.69) is 102 Å². The van der Waals surface area contributed by atoms with Gasteiger partial charge in [-0.25, -0.2) is 0 Å². The van der Waals surface area contributed by atoms with Crippen molar-refractivity contribution in [3.05, 3.63) is 59.7 Å². The molecule has 0 amide bonds. The van der Waals surface area contributed by atoms with Crippen LogP contribution in [-0.2, 0) is 11.0 Å². The number of phenols is 1. The molecule has 2 aromatic carbocycles. The lowest BCUT2D eigenvalue weighted by atomic mass is 9.86. The minimum Gasteiger partial charge on any atom is -0.508 e. The second-order valence-corrected chi connectivity index (χ2v) is 13.3. The number of hydrogen-bond donors (Lipinski definition) is 1. The molecule has 2 nitrogen and oxygen atoms in total. The van der Waals surface area contributed by atoms with Gasteiger partial charge in [-0.3, -0.25) is 0 Å². The van der Waals surface area contributed by atoms with Crippen LogP contribution in [0.1, 0.15) is 45.7 Å². The molecular weight excluding hydrogens is 322 g/mol. The van der Waals surface area contributed by atoms with Gasteiger partial charge in [0.25, 0.3) is 0 Å². The number of aromatic hydroxyl groups is 1. The summed E-state index contributed by atoms with van der Waals surface area (Å²) in [5.41, 5.74) is 2.14. The van der Waals surface area contributed by atoms with Crippen molar-refractivity contribution in [1.82, 2.24) is 4.57 Å². The first kappa shape index (κ1) is 19.7. The number of nitrogens with zero attached hydrogens (tertiary/aromatic N) is 1. The fourth-order valence-electron chi connectivity index (χ4n) is 3.56. The van der Waals surface area contributed by atoms with Crippen LogP contribution in [0, 0.1) is 0 Å². The second kappa shape index (κ2) is 6.62. The van der Waals surface area contributed by atoms with E-state index in [1.165, 1.54) is 5.56 Å². The summed E-state index contributed by atoms with van der Waals surface area (Å²) >= 11 is 0. The van der Waals surface area contributed by atoms with Crippen LogP contribution in [0.3, 0.4) is 0 Å². The van der Waals surface area contributed by atoms with Gasteiger partial charge in [0.05, 0.1) is 0 Å². The van der Waals surface area contributed by atoms with E-state index < -0.39 is 8.24 Å². The van der Waals surface area contributed by atoms with Crippen LogP contribution in [0.25, 0.3) is 0 Å². The molecule has 0 aliphatic rings. The Labute approximate surface area is 154 Å². The van der Waals surface area contributed by atoms with Gasteiger partial charge in [-0.15, -0.1) is 0 Å². The summed E-state index contributed by atoms with van der Waals surface area (Å²) in [6.07, 6.45) is 0. The third-order valence-electron chi connectivity index (χ3n) is 5.66. The Bertz CT molecular complexity index is 729. The van der Waals surface area contributed by atoms with Crippen LogP contribution in [0.2, 0.25) is 13.1 Å². The average Bonchev–Trinajstić information content (AvgIpc) is 2.53. The van der Waals surface area contributed by atoms with Crippen LogP contribution >= 0.6 is 0 Å². The Kier molecular flexibility index (Phi) is 5.22. The Morgan fingerprint density at radius 3 is 1.92 bits per heavy atom. The van der Waals surface area contributed by atoms with Gasteiger partial charge in [0.15, 0.2) is 8.24 Å². The zero-order valence-corrected chi connectivity index (χ0v) is 18.0.